The minimum atomic E-state index is -0.533. The fourth-order valence-corrected chi connectivity index (χ4v) is 4.09. The molecule has 0 spiro atoms. The van der Waals surface area contributed by atoms with E-state index in [2.05, 4.69) is 56.3 Å². The zero-order chi connectivity index (χ0) is 18.6. The van der Waals surface area contributed by atoms with Gasteiger partial charge in [0.1, 0.15) is 17.9 Å². The van der Waals surface area contributed by atoms with Crippen LogP contribution < -0.4 is 10.1 Å². The summed E-state index contributed by atoms with van der Waals surface area (Å²) in [6.07, 6.45) is 8.25. The van der Waals surface area contributed by atoms with Gasteiger partial charge in [-0.2, -0.15) is 0 Å². The SMILES string of the molecule is C#CCOc1c(Br)cc(/C=C2\C(=O)NC(=S)N(CC=C)C2=O)cc1I. The largest absolute Gasteiger partial charge is 0.479 e. The molecule has 1 N–H and O–H groups in total. The number of carbonyl (C=O) groups is 2. The van der Waals surface area contributed by atoms with E-state index in [1.165, 1.54) is 17.1 Å². The van der Waals surface area contributed by atoms with Crippen LogP contribution in [-0.2, 0) is 9.59 Å². The number of thiocarbonyl (C=S) groups is 1. The lowest BCUT2D eigenvalue weighted by atomic mass is 10.1. The molecule has 0 atom stereocenters. The van der Waals surface area contributed by atoms with Gasteiger partial charge in [-0.3, -0.25) is 19.8 Å². The fourth-order valence-electron chi connectivity index (χ4n) is 2.07. The van der Waals surface area contributed by atoms with Crippen LogP contribution >= 0.6 is 50.7 Å². The van der Waals surface area contributed by atoms with Crippen molar-refractivity contribution in [2.45, 2.75) is 0 Å². The summed E-state index contributed by atoms with van der Waals surface area (Å²) in [4.78, 5) is 25.9. The minimum Gasteiger partial charge on any atom is -0.479 e. The molecule has 0 aliphatic carbocycles. The van der Waals surface area contributed by atoms with E-state index in [4.69, 9.17) is 23.4 Å². The monoisotopic (exact) mass is 530 g/mol. The smallest absolute Gasteiger partial charge is 0.265 e. The Bertz CT molecular complexity index is 822. The summed E-state index contributed by atoms with van der Waals surface area (Å²) in [7, 11) is 0. The number of hydrogen-bond acceptors (Lipinski definition) is 4. The maximum absolute atomic E-state index is 12.5. The molecule has 1 aromatic rings. The van der Waals surface area contributed by atoms with Crippen LogP contribution in [0.4, 0.5) is 0 Å². The van der Waals surface area contributed by atoms with Crippen LogP contribution in [0.3, 0.4) is 0 Å². The number of halogens is 2. The lowest BCUT2D eigenvalue weighted by molar-refractivity contribution is -0.128. The highest BCUT2D eigenvalue weighted by Gasteiger charge is 2.32. The summed E-state index contributed by atoms with van der Waals surface area (Å²) >= 11 is 10.5. The van der Waals surface area contributed by atoms with E-state index in [0.29, 0.717) is 15.8 Å². The topological polar surface area (TPSA) is 58.6 Å². The number of amides is 2. The first kappa shape index (κ1) is 19.6. The maximum Gasteiger partial charge on any atom is 0.265 e. The van der Waals surface area contributed by atoms with Crippen molar-refractivity contribution in [3.8, 4) is 18.1 Å². The second-order valence-electron chi connectivity index (χ2n) is 4.83. The standard InChI is InChI=1S/C17H12BrIN2O3S/c1-3-5-21-16(23)11(15(22)20-17(21)25)7-10-8-12(18)14(13(19)9-10)24-6-4-2/h2-3,7-9H,1,5-6H2,(H,20,22,25)/b11-7+. The van der Waals surface area contributed by atoms with Crippen molar-refractivity contribution >= 4 is 73.7 Å². The predicted octanol–water partition coefficient (Wildman–Crippen LogP) is 2.88. The molecule has 1 aliphatic rings. The highest BCUT2D eigenvalue weighted by atomic mass is 127. The van der Waals surface area contributed by atoms with Gasteiger partial charge in [-0.25, -0.2) is 0 Å². The van der Waals surface area contributed by atoms with Gasteiger partial charge in [0.2, 0.25) is 0 Å². The molecule has 1 aliphatic heterocycles. The second kappa shape index (κ2) is 8.60. The first-order valence-corrected chi connectivity index (χ1v) is 9.22. The van der Waals surface area contributed by atoms with Gasteiger partial charge in [-0.1, -0.05) is 12.0 Å². The average Bonchev–Trinajstić information content (AvgIpc) is 2.55. The van der Waals surface area contributed by atoms with Crippen LogP contribution in [0.1, 0.15) is 5.56 Å². The Balaban J connectivity index is 2.40. The fraction of sp³-hybridized carbons (Fsp3) is 0.118. The van der Waals surface area contributed by atoms with Crippen LogP contribution in [0.25, 0.3) is 6.08 Å². The van der Waals surface area contributed by atoms with Crippen molar-refractivity contribution in [2.24, 2.45) is 0 Å². The molecule has 2 amide bonds. The molecule has 1 aromatic carbocycles. The molecule has 25 heavy (non-hydrogen) atoms. The summed E-state index contributed by atoms with van der Waals surface area (Å²) in [5.41, 5.74) is 0.657. The number of rotatable bonds is 5. The Morgan fingerprint density at radius 2 is 2.20 bits per heavy atom. The average molecular weight is 531 g/mol. The molecule has 0 unspecified atom stereocenters. The van der Waals surface area contributed by atoms with E-state index in [1.54, 1.807) is 12.1 Å². The predicted molar refractivity (Wildman–Crippen MR) is 112 cm³/mol. The Morgan fingerprint density at radius 1 is 1.48 bits per heavy atom. The van der Waals surface area contributed by atoms with Gasteiger partial charge in [-0.05, 0) is 74.5 Å². The summed E-state index contributed by atoms with van der Waals surface area (Å²) in [6, 6.07) is 3.53. The van der Waals surface area contributed by atoms with Crippen LogP contribution in [0.15, 0.2) is 34.8 Å². The van der Waals surface area contributed by atoms with Crippen LogP contribution in [0, 0.1) is 15.9 Å². The van der Waals surface area contributed by atoms with Gasteiger partial charge in [0, 0.05) is 6.54 Å². The number of benzene rings is 1. The molecular weight excluding hydrogens is 519 g/mol. The summed E-state index contributed by atoms with van der Waals surface area (Å²) in [5.74, 6) is 2.01. The third-order valence-electron chi connectivity index (χ3n) is 3.13. The molecule has 1 fully saturated rings. The zero-order valence-corrected chi connectivity index (χ0v) is 17.4. The number of carbonyl (C=O) groups excluding carboxylic acids is 2. The molecule has 5 nitrogen and oxygen atoms in total. The van der Waals surface area contributed by atoms with E-state index in [1.807, 2.05) is 0 Å². The van der Waals surface area contributed by atoms with E-state index in [0.717, 1.165) is 3.57 Å². The molecule has 2 rings (SSSR count). The van der Waals surface area contributed by atoms with Crippen molar-refractivity contribution in [1.82, 2.24) is 10.2 Å². The van der Waals surface area contributed by atoms with Gasteiger partial charge in [0.15, 0.2) is 5.11 Å². The Kier molecular flexibility index (Phi) is 6.75. The van der Waals surface area contributed by atoms with Gasteiger partial charge < -0.3 is 4.74 Å². The lowest BCUT2D eigenvalue weighted by Crippen LogP contribution is -2.53. The molecule has 0 aromatic heterocycles. The maximum atomic E-state index is 12.5. The summed E-state index contributed by atoms with van der Waals surface area (Å²) < 4.78 is 6.93. The highest BCUT2D eigenvalue weighted by molar-refractivity contribution is 14.1. The van der Waals surface area contributed by atoms with E-state index in [9.17, 15) is 9.59 Å². The van der Waals surface area contributed by atoms with Gasteiger partial charge in [0.25, 0.3) is 11.8 Å². The van der Waals surface area contributed by atoms with E-state index < -0.39 is 11.8 Å². The van der Waals surface area contributed by atoms with E-state index in [-0.39, 0.29) is 23.8 Å². The normalized spacial score (nSPS) is 15.8. The molecule has 128 valence electrons. The van der Waals surface area contributed by atoms with Crippen molar-refractivity contribution in [1.29, 1.82) is 0 Å². The second-order valence-corrected chi connectivity index (χ2v) is 7.23. The molecular formula is C17H12BrIN2O3S. The number of ether oxygens (including phenoxy) is 1. The lowest BCUT2D eigenvalue weighted by Gasteiger charge is -2.27. The van der Waals surface area contributed by atoms with Crippen LogP contribution in [0.2, 0.25) is 0 Å². The zero-order valence-electron chi connectivity index (χ0n) is 12.8. The van der Waals surface area contributed by atoms with Crippen molar-refractivity contribution in [3.63, 3.8) is 0 Å². The molecule has 0 bridgehead atoms. The third kappa shape index (κ3) is 4.48. The molecule has 8 heteroatoms. The first-order chi connectivity index (χ1) is 11.9. The number of terminal acetylenes is 1. The third-order valence-corrected chi connectivity index (χ3v) is 4.84. The van der Waals surface area contributed by atoms with Crippen LogP contribution in [0.5, 0.6) is 5.75 Å². The Hall–Kier alpha value is -1.70. The number of hydrogen-bond donors (Lipinski definition) is 1. The summed E-state index contributed by atoms with van der Waals surface area (Å²) in [6.45, 7) is 3.95. The first-order valence-electron chi connectivity index (χ1n) is 6.94. The highest BCUT2D eigenvalue weighted by Crippen LogP contribution is 2.33. The van der Waals surface area contributed by atoms with Crippen molar-refractivity contribution in [3.05, 3.63) is 44.0 Å². The Morgan fingerprint density at radius 3 is 2.80 bits per heavy atom. The molecule has 0 saturated carbocycles. The minimum absolute atomic E-state index is 0.00422. The summed E-state index contributed by atoms with van der Waals surface area (Å²) in [5, 5.41) is 2.57. The molecule has 0 radical (unpaired) electrons. The van der Waals surface area contributed by atoms with Crippen molar-refractivity contribution < 1.29 is 14.3 Å². The molecule has 1 saturated heterocycles. The van der Waals surface area contributed by atoms with Crippen LogP contribution in [-0.4, -0.2) is 35.0 Å². The molecule has 1 heterocycles. The van der Waals surface area contributed by atoms with Gasteiger partial charge >= 0.3 is 0 Å². The number of nitrogens with zero attached hydrogens (tertiary/aromatic N) is 1. The quantitative estimate of drug-likeness (QED) is 0.159. The Labute approximate surface area is 172 Å². The van der Waals surface area contributed by atoms with E-state index >= 15 is 0 Å². The number of nitrogens with one attached hydrogen (secondary N) is 1. The van der Waals surface area contributed by atoms with Gasteiger partial charge in [-0.15, -0.1) is 13.0 Å². The van der Waals surface area contributed by atoms with Gasteiger partial charge in [0.05, 0.1) is 8.04 Å². The van der Waals surface area contributed by atoms with Crippen molar-refractivity contribution in [2.75, 3.05) is 13.2 Å².